The van der Waals surface area contributed by atoms with Gasteiger partial charge in [-0.3, -0.25) is 29.4 Å². The van der Waals surface area contributed by atoms with Crippen molar-refractivity contribution in [1.29, 1.82) is 0 Å². The quantitative estimate of drug-likeness (QED) is 0.0808. The molecule has 0 bridgehead atoms. The lowest BCUT2D eigenvalue weighted by atomic mass is 9.82. The van der Waals surface area contributed by atoms with Crippen LogP contribution in [0, 0.1) is 16.0 Å². The van der Waals surface area contributed by atoms with Crippen molar-refractivity contribution < 1.29 is 38.6 Å². The fourth-order valence-electron chi connectivity index (χ4n) is 11.1. The first-order chi connectivity index (χ1) is 32.3. The molecule has 1 fully saturated rings. The van der Waals surface area contributed by atoms with E-state index in [-0.39, 0.29) is 48.5 Å². The lowest BCUT2D eigenvalue weighted by molar-refractivity contribution is -0.385. The molecular weight excluding hydrogens is 865 g/mol. The van der Waals surface area contributed by atoms with E-state index in [1.807, 2.05) is 110 Å². The molecule has 4 heterocycles. The Balaban J connectivity index is 1.02. The Morgan fingerprint density at radius 1 is 0.866 bits per heavy atom. The van der Waals surface area contributed by atoms with Gasteiger partial charge in [0.05, 0.1) is 68.8 Å². The summed E-state index contributed by atoms with van der Waals surface area (Å²) in [5.41, 5.74) is 3.13. The van der Waals surface area contributed by atoms with Crippen LogP contribution in [-0.2, 0) is 39.4 Å². The number of nitro groups is 1. The number of benzene rings is 6. The number of carbonyl (C=O) groups excluding carboxylic acids is 3. The van der Waals surface area contributed by atoms with Crippen molar-refractivity contribution in [1.82, 2.24) is 4.90 Å². The van der Waals surface area contributed by atoms with Gasteiger partial charge >= 0.3 is 0 Å². The Morgan fingerprint density at radius 3 is 2.27 bits per heavy atom. The topological polar surface area (TPSA) is 152 Å². The number of nitro benzene ring substituents is 1. The zero-order valence-electron chi connectivity index (χ0n) is 37.6. The number of aliphatic hydroxyl groups is 1. The van der Waals surface area contributed by atoms with E-state index in [1.165, 1.54) is 12.1 Å². The first-order valence-electron chi connectivity index (χ1n) is 22.5. The summed E-state index contributed by atoms with van der Waals surface area (Å²) >= 11 is 0. The summed E-state index contributed by atoms with van der Waals surface area (Å²) in [6, 6.07) is 41.7. The lowest BCUT2D eigenvalue weighted by Crippen LogP contribution is -2.52. The number of methoxy groups -OCH3 is 1. The van der Waals surface area contributed by atoms with Crippen molar-refractivity contribution >= 4 is 53.7 Å². The number of aliphatic hydroxyl groups excluding tert-OH is 1. The highest BCUT2D eigenvalue weighted by molar-refractivity contribution is 6.91. The van der Waals surface area contributed by atoms with Crippen LogP contribution < -0.4 is 24.5 Å². The Labute approximate surface area is 389 Å². The van der Waals surface area contributed by atoms with Gasteiger partial charge in [0.25, 0.3) is 17.5 Å². The minimum atomic E-state index is -2.71. The van der Waals surface area contributed by atoms with Crippen LogP contribution in [0.3, 0.4) is 0 Å². The second-order valence-electron chi connectivity index (χ2n) is 18.4. The van der Waals surface area contributed by atoms with Gasteiger partial charge < -0.3 is 29.1 Å². The summed E-state index contributed by atoms with van der Waals surface area (Å²) in [6.07, 6.45) is -0.314. The Kier molecular flexibility index (Phi) is 11.1. The van der Waals surface area contributed by atoms with Gasteiger partial charge in [0.15, 0.2) is 11.4 Å². The molecule has 1 spiro atoms. The number of fused-ring (bicyclic) bond motifs is 5. The molecule has 3 amide bonds. The van der Waals surface area contributed by atoms with Crippen LogP contribution in [0.1, 0.15) is 46.0 Å². The average molecular weight is 915 g/mol. The molecule has 0 radical (unpaired) electrons. The number of rotatable bonds is 10. The minimum Gasteiger partial charge on any atom is -0.497 e. The fraction of sp³-hybridized carbons (Fsp3) is 0.264. The number of anilines is 3. The van der Waals surface area contributed by atoms with Crippen LogP contribution in [0.2, 0.25) is 18.6 Å². The largest absolute Gasteiger partial charge is 0.497 e. The predicted octanol–water partition coefficient (Wildman–Crippen LogP) is 8.79. The summed E-state index contributed by atoms with van der Waals surface area (Å²) in [5, 5.41) is 24.1. The normalized spacial score (nSPS) is 21.8. The highest BCUT2D eigenvalue weighted by Gasteiger charge is 2.67. The number of non-ortho nitro benzene ring substituents is 1. The molecule has 6 aromatic rings. The van der Waals surface area contributed by atoms with Crippen LogP contribution >= 0.6 is 0 Å². The maximum atomic E-state index is 15.6. The molecule has 4 aliphatic heterocycles. The van der Waals surface area contributed by atoms with Gasteiger partial charge in [-0.15, -0.1) is 0 Å². The number of hydrogen-bond donors (Lipinski definition) is 1. The molecule has 4 aliphatic rings. The molecule has 5 atom stereocenters. The van der Waals surface area contributed by atoms with Crippen molar-refractivity contribution in [3.8, 4) is 17.2 Å². The van der Waals surface area contributed by atoms with Gasteiger partial charge in [0, 0.05) is 35.8 Å². The Bertz CT molecular complexity index is 2940. The molecule has 10 rings (SSSR count). The summed E-state index contributed by atoms with van der Waals surface area (Å²) in [6.45, 7) is 6.63. The van der Waals surface area contributed by atoms with E-state index in [4.69, 9.17) is 14.2 Å². The fourth-order valence-corrected chi connectivity index (χ4v) is 15.1. The molecule has 0 aromatic heterocycles. The van der Waals surface area contributed by atoms with Crippen molar-refractivity contribution in [2.45, 2.75) is 69.2 Å². The van der Waals surface area contributed by atoms with Crippen LogP contribution in [0.4, 0.5) is 22.7 Å². The van der Waals surface area contributed by atoms with Crippen LogP contribution in [-0.4, -0.2) is 66.6 Å². The van der Waals surface area contributed by atoms with Gasteiger partial charge in [0.2, 0.25) is 5.91 Å². The monoisotopic (exact) mass is 914 g/mol. The number of amides is 3. The van der Waals surface area contributed by atoms with Gasteiger partial charge in [-0.2, -0.15) is 0 Å². The first-order valence-corrected chi connectivity index (χ1v) is 25.6. The SMILES string of the molecule is COc1ccc([Si](C)(C)[C@H]2[C@H](CC(=O)N3Cc4ccccc4C[C@H]3CO)O[C@@]3(C(=O)N(Cc4ccc(N5C(=O)c6ccccc6Oc6ccccc65)cc4)c4ccc([N+](=O)[O-])cc43)[C@@H]2C)cc1. The maximum Gasteiger partial charge on any atom is 0.269 e. The van der Waals surface area contributed by atoms with Gasteiger partial charge in [-0.05, 0) is 83.2 Å². The Hall–Kier alpha value is -7.13. The number of hydrogen-bond acceptors (Lipinski definition) is 9. The second-order valence-corrected chi connectivity index (χ2v) is 23.1. The van der Waals surface area contributed by atoms with E-state index in [0.717, 1.165) is 21.9 Å². The van der Waals surface area contributed by atoms with E-state index < -0.39 is 36.7 Å². The standard InChI is InChI=1S/C53H50N4O9Si/c1-33-50(67(3,4)41-24-22-40(64-2)23-25-41)48(29-49(59)54-31-36-12-6-5-11-35(36)27-39(54)32-58)66-53(33)43-28-38(57(62)63)21-26-44(43)55(52(53)61)30-34-17-19-37(20-18-34)56-45-14-8-10-16-47(45)65-46-15-9-7-13-42(46)51(56)60/h5-26,28,33,39,48,50,58H,27,29-32H2,1-4H3/t33-,39+,48+,50-,53+/m1/s1. The molecular formula is C53H50N4O9Si. The van der Waals surface area contributed by atoms with E-state index in [9.17, 15) is 24.8 Å². The van der Waals surface area contributed by atoms with E-state index in [0.29, 0.717) is 58.4 Å². The molecule has 6 aromatic carbocycles. The smallest absolute Gasteiger partial charge is 0.269 e. The minimum absolute atomic E-state index is 0.0606. The Morgan fingerprint density at radius 2 is 1.55 bits per heavy atom. The molecule has 1 saturated heterocycles. The second kappa shape index (κ2) is 16.9. The van der Waals surface area contributed by atoms with Gasteiger partial charge in [-0.25, -0.2) is 0 Å². The van der Waals surface area contributed by atoms with Gasteiger partial charge in [-0.1, -0.05) is 98.0 Å². The molecule has 0 unspecified atom stereocenters. The summed E-state index contributed by atoms with van der Waals surface area (Å²) in [7, 11) is -1.10. The number of carbonyl (C=O) groups is 3. The molecule has 13 nitrogen and oxygen atoms in total. The van der Waals surface area contributed by atoms with Crippen LogP contribution in [0.25, 0.3) is 0 Å². The van der Waals surface area contributed by atoms with Crippen LogP contribution in [0.15, 0.2) is 140 Å². The average Bonchev–Trinajstić information content (AvgIpc) is 3.71. The van der Waals surface area contributed by atoms with Crippen molar-refractivity contribution in [3.63, 3.8) is 0 Å². The first kappa shape index (κ1) is 43.7. The highest BCUT2D eigenvalue weighted by atomic mass is 28.3. The van der Waals surface area contributed by atoms with E-state index in [2.05, 4.69) is 13.1 Å². The highest BCUT2D eigenvalue weighted by Crippen LogP contribution is 2.61. The van der Waals surface area contributed by atoms with E-state index >= 15 is 4.79 Å². The van der Waals surface area contributed by atoms with Gasteiger partial charge in [0.1, 0.15) is 11.5 Å². The molecule has 14 heteroatoms. The lowest BCUT2D eigenvalue weighted by Gasteiger charge is -2.39. The van der Waals surface area contributed by atoms with E-state index in [1.54, 1.807) is 46.1 Å². The maximum absolute atomic E-state index is 15.6. The number of nitrogens with zero attached hydrogens (tertiary/aromatic N) is 4. The zero-order valence-corrected chi connectivity index (χ0v) is 38.6. The van der Waals surface area contributed by atoms with Crippen molar-refractivity contribution in [2.24, 2.45) is 5.92 Å². The summed E-state index contributed by atoms with van der Waals surface area (Å²) in [5.74, 6) is 0.321. The third-order valence-electron chi connectivity index (χ3n) is 14.5. The summed E-state index contributed by atoms with van der Waals surface area (Å²) in [4.78, 5) is 61.5. The van der Waals surface area contributed by atoms with Crippen LogP contribution in [0.5, 0.6) is 17.2 Å². The molecule has 0 aliphatic carbocycles. The molecule has 0 saturated carbocycles. The van der Waals surface area contributed by atoms with Crippen molar-refractivity contribution in [3.05, 3.63) is 177 Å². The number of para-hydroxylation sites is 3. The summed E-state index contributed by atoms with van der Waals surface area (Å²) < 4.78 is 19.0. The molecule has 1 N–H and O–H groups in total. The third-order valence-corrected chi connectivity index (χ3v) is 18.8. The number of ether oxygens (including phenoxy) is 3. The molecule has 340 valence electrons. The van der Waals surface area contributed by atoms with Crippen molar-refractivity contribution in [2.75, 3.05) is 23.5 Å². The molecule has 67 heavy (non-hydrogen) atoms. The zero-order chi connectivity index (χ0) is 46.8. The third kappa shape index (κ3) is 7.27. The predicted molar refractivity (Wildman–Crippen MR) is 256 cm³/mol.